The van der Waals surface area contributed by atoms with E-state index in [1.807, 2.05) is 5.38 Å². The Hall–Kier alpha value is -3.07. The van der Waals surface area contributed by atoms with E-state index in [4.69, 9.17) is 0 Å². The zero-order valence-electron chi connectivity index (χ0n) is 15.1. The molecule has 8 nitrogen and oxygen atoms in total. The van der Waals surface area contributed by atoms with Crippen LogP contribution in [0.15, 0.2) is 36.1 Å². The van der Waals surface area contributed by atoms with E-state index in [1.165, 1.54) is 52.4 Å². The number of imidazole rings is 1. The molecule has 1 N–H and O–H groups in total. The lowest BCUT2D eigenvalue weighted by Crippen LogP contribution is -2.13. The highest BCUT2D eigenvalue weighted by molar-refractivity contribution is 7.14. The minimum Gasteiger partial charge on any atom is -0.358 e. The number of thiazole rings is 1. The Morgan fingerprint density at radius 2 is 2.11 bits per heavy atom. The van der Waals surface area contributed by atoms with Crippen LogP contribution in [0.3, 0.4) is 0 Å². The Balaban J connectivity index is 1.36. The van der Waals surface area contributed by atoms with Gasteiger partial charge in [0.05, 0.1) is 5.69 Å². The number of aromatic nitrogens is 3. The van der Waals surface area contributed by atoms with Crippen molar-refractivity contribution in [1.82, 2.24) is 14.5 Å². The molecule has 3 aromatic rings. The van der Waals surface area contributed by atoms with Gasteiger partial charge in [0.25, 0.3) is 0 Å². The van der Waals surface area contributed by atoms with Gasteiger partial charge in [0, 0.05) is 23.9 Å². The Labute approximate surface area is 165 Å². The molecule has 0 saturated carbocycles. The summed E-state index contributed by atoms with van der Waals surface area (Å²) >= 11 is 1.39. The lowest BCUT2D eigenvalue weighted by Gasteiger charge is -2.16. The van der Waals surface area contributed by atoms with Crippen molar-refractivity contribution in [2.75, 3.05) is 5.32 Å². The number of nitrogens with one attached hydrogen (secondary N) is 1. The van der Waals surface area contributed by atoms with Gasteiger partial charge < -0.3 is 20.0 Å². The first-order chi connectivity index (χ1) is 13.6. The zero-order valence-corrected chi connectivity index (χ0v) is 15.9. The van der Waals surface area contributed by atoms with E-state index >= 15 is 0 Å². The van der Waals surface area contributed by atoms with E-state index in [9.17, 15) is 14.9 Å². The Kier molecular flexibility index (Phi) is 5.16. The fourth-order valence-corrected chi connectivity index (χ4v) is 4.07. The van der Waals surface area contributed by atoms with Gasteiger partial charge in [-0.2, -0.15) is 0 Å². The summed E-state index contributed by atoms with van der Waals surface area (Å²) in [7, 11) is 0. The zero-order chi connectivity index (χ0) is 19.5. The summed E-state index contributed by atoms with van der Waals surface area (Å²) in [5.74, 6) is -0.419. The smallest absolute Gasteiger partial charge is 0.358 e. The largest absolute Gasteiger partial charge is 0.381 e. The van der Waals surface area contributed by atoms with Crippen LogP contribution in [0.4, 0.5) is 10.9 Å². The van der Waals surface area contributed by atoms with Gasteiger partial charge in [0.15, 0.2) is 5.13 Å². The predicted molar refractivity (Wildman–Crippen MR) is 106 cm³/mol. The molecular formula is C19H19N5O3S. The predicted octanol–water partition coefficient (Wildman–Crippen LogP) is 3.82. The van der Waals surface area contributed by atoms with Crippen LogP contribution in [0.5, 0.6) is 0 Å². The summed E-state index contributed by atoms with van der Waals surface area (Å²) < 4.78 is 1.53. The highest BCUT2D eigenvalue weighted by Crippen LogP contribution is 2.29. The van der Waals surface area contributed by atoms with Gasteiger partial charge in [0.2, 0.25) is 12.2 Å². The van der Waals surface area contributed by atoms with Crippen molar-refractivity contribution in [3.05, 3.63) is 57.3 Å². The average Bonchev–Trinajstić information content (AvgIpc) is 3.36. The molecule has 0 bridgehead atoms. The molecule has 1 aliphatic carbocycles. The molecule has 9 heteroatoms. The van der Waals surface area contributed by atoms with Crippen LogP contribution in [0.2, 0.25) is 0 Å². The number of carbonyl (C=O) groups excluding carboxylic acids is 1. The fourth-order valence-electron chi connectivity index (χ4n) is 3.33. The number of fused-ring (bicyclic) bond motifs is 1. The molecular weight excluding hydrogens is 378 g/mol. The van der Waals surface area contributed by atoms with Crippen molar-refractivity contribution in [3.63, 3.8) is 0 Å². The van der Waals surface area contributed by atoms with Crippen LogP contribution in [0.25, 0.3) is 11.3 Å². The van der Waals surface area contributed by atoms with E-state index in [1.54, 1.807) is 0 Å². The summed E-state index contributed by atoms with van der Waals surface area (Å²) in [5.41, 5.74) is 4.76. The highest BCUT2D eigenvalue weighted by Gasteiger charge is 2.14. The van der Waals surface area contributed by atoms with Gasteiger partial charge in [-0.3, -0.25) is 4.79 Å². The number of benzene rings is 1. The van der Waals surface area contributed by atoms with Crippen molar-refractivity contribution in [2.24, 2.45) is 0 Å². The molecule has 0 aliphatic heterocycles. The van der Waals surface area contributed by atoms with E-state index in [-0.39, 0.29) is 18.1 Å². The van der Waals surface area contributed by atoms with Crippen molar-refractivity contribution in [2.45, 2.75) is 38.6 Å². The minimum atomic E-state index is -0.561. The topological polar surface area (TPSA) is 103 Å². The molecule has 0 unspecified atom stereocenters. The van der Waals surface area contributed by atoms with Gasteiger partial charge >= 0.3 is 5.82 Å². The molecule has 1 amide bonds. The molecule has 0 radical (unpaired) electrons. The van der Waals surface area contributed by atoms with Crippen molar-refractivity contribution < 1.29 is 9.72 Å². The summed E-state index contributed by atoms with van der Waals surface area (Å²) in [6.07, 6.45) is 7.59. The van der Waals surface area contributed by atoms with Crippen LogP contribution in [-0.2, 0) is 24.2 Å². The van der Waals surface area contributed by atoms with E-state index < -0.39 is 4.92 Å². The second-order valence-corrected chi connectivity index (χ2v) is 7.61. The maximum absolute atomic E-state index is 12.2. The first-order valence-electron chi connectivity index (χ1n) is 9.12. The van der Waals surface area contributed by atoms with Crippen LogP contribution >= 0.6 is 11.3 Å². The lowest BCUT2D eigenvalue weighted by molar-refractivity contribution is -0.389. The van der Waals surface area contributed by atoms with Crippen LogP contribution in [0, 0.1) is 10.1 Å². The van der Waals surface area contributed by atoms with E-state index in [0.717, 1.165) is 24.1 Å². The summed E-state index contributed by atoms with van der Waals surface area (Å²) in [5, 5.41) is 15.9. The Morgan fingerprint density at radius 3 is 2.89 bits per heavy atom. The Morgan fingerprint density at radius 1 is 1.29 bits per heavy atom. The third kappa shape index (κ3) is 4.09. The van der Waals surface area contributed by atoms with Gasteiger partial charge in [-0.15, -0.1) is 11.3 Å². The summed E-state index contributed by atoms with van der Waals surface area (Å²) in [6.45, 7) is 0.315. The number of rotatable bonds is 6. The molecule has 2 aromatic heterocycles. The third-order valence-electron chi connectivity index (χ3n) is 4.80. The average molecular weight is 397 g/mol. The molecule has 1 aliphatic rings. The summed E-state index contributed by atoms with van der Waals surface area (Å²) in [4.78, 5) is 30.4. The first kappa shape index (κ1) is 18.3. The number of nitrogens with zero attached hydrogens (tertiary/aromatic N) is 4. The molecule has 0 fully saturated rings. The van der Waals surface area contributed by atoms with Crippen molar-refractivity contribution >= 4 is 28.2 Å². The minimum absolute atomic E-state index is 0.182. The first-order valence-corrected chi connectivity index (χ1v) is 10.0. The highest BCUT2D eigenvalue weighted by atomic mass is 32.1. The Bertz CT molecular complexity index is 1030. The van der Waals surface area contributed by atoms with Gasteiger partial charge in [-0.05, 0) is 52.8 Å². The molecule has 0 spiro atoms. The number of amides is 1. The lowest BCUT2D eigenvalue weighted by atomic mass is 9.90. The molecule has 0 saturated heterocycles. The van der Waals surface area contributed by atoms with Crippen molar-refractivity contribution in [1.29, 1.82) is 0 Å². The number of hydrogen-bond acceptors (Lipinski definition) is 6. The molecule has 0 atom stereocenters. The van der Waals surface area contributed by atoms with E-state index in [2.05, 4.69) is 33.5 Å². The number of carbonyl (C=O) groups is 1. The second kappa shape index (κ2) is 7.89. The number of nitro groups is 1. The molecule has 2 heterocycles. The fraction of sp³-hybridized carbons (Fsp3) is 0.316. The standard InChI is InChI=1S/C19H19N5O3S/c25-18(7-8-23-10-17(20-12-23)24(26)27)22-19-21-16(11-28-19)15-6-5-13-3-1-2-4-14(13)9-15/h5-6,9-12H,1-4,7-8H2,(H,21,22,25). The quantitative estimate of drug-likeness (QED) is 0.503. The number of anilines is 1. The van der Waals surface area contributed by atoms with Crippen LogP contribution < -0.4 is 5.32 Å². The van der Waals surface area contributed by atoms with Crippen LogP contribution in [-0.4, -0.2) is 25.4 Å². The molecule has 144 valence electrons. The SMILES string of the molecule is O=C(CCn1cnc([N+](=O)[O-])c1)Nc1nc(-c2ccc3c(c2)CCCC3)cs1. The maximum atomic E-state index is 12.2. The maximum Gasteiger partial charge on any atom is 0.381 e. The number of hydrogen-bond donors (Lipinski definition) is 1. The van der Waals surface area contributed by atoms with Crippen LogP contribution in [0.1, 0.15) is 30.4 Å². The van der Waals surface area contributed by atoms with Crippen molar-refractivity contribution in [3.8, 4) is 11.3 Å². The summed E-state index contributed by atoms with van der Waals surface area (Å²) in [6, 6.07) is 6.49. The number of aryl methyl sites for hydroxylation is 3. The third-order valence-corrected chi connectivity index (χ3v) is 5.56. The molecule has 28 heavy (non-hydrogen) atoms. The molecule has 1 aromatic carbocycles. The monoisotopic (exact) mass is 397 g/mol. The molecule has 4 rings (SSSR count). The normalized spacial score (nSPS) is 13.1. The second-order valence-electron chi connectivity index (χ2n) is 6.75. The van der Waals surface area contributed by atoms with E-state index in [0.29, 0.717) is 11.7 Å². The van der Waals surface area contributed by atoms with Gasteiger partial charge in [-0.25, -0.2) is 4.98 Å². The van der Waals surface area contributed by atoms with Gasteiger partial charge in [-0.1, -0.05) is 12.1 Å². The van der Waals surface area contributed by atoms with Gasteiger partial charge in [0.1, 0.15) is 6.20 Å².